The molecule has 5 nitrogen and oxygen atoms in total. The van der Waals surface area contributed by atoms with Crippen molar-refractivity contribution in [1.82, 2.24) is 5.32 Å². The smallest absolute Gasteiger partial charge is 0.257 e. The molecule has 0 unspecified atom stereocenters. The summed E-state index contributed by atoms with van der Waals surface area (Å²) in [7, 11) is 0. The highest BCUT2D eigenvalue weighted by atomic mass is 32.1. The molecule has 0 bridgehead atoms. The van der Waals surface area contributed by atoms with Crippen LogP contribution in [0.3, 0.4) is 0 Å². The Balaban J connectivity index is 1.91. The molecule has 2 aromatic carbocycles. The highest BCUT2D eigenvalue weighted by molar-refractivity contribution is 7.80. The molecule has 0 fully saturated rings. The summed E-state index contributed by atoms with van der Waals surface area (Å²) in [6.07, 6.45) is 2.09. The molecule has 2 rings (SSSR count). The van der Waals surface area contributed by atoms with Gasteiger partial charge in [0.2, 0.25) is 0 Å². The summed E-state index contributed by atoms with van der Waals surface area (Å²) in [6.45, 7) is 7.54. The van der Waals surface area contributed by atoms with E-state index in [-0.39, 0.29) is 11.0 Å². The first-order chi connectivity index (χ1) is 13.5. The molecule has 0 spiro atoms. The number of hydrogen-bond acceptors (Lipinski definition) is 4. The third-order valence-electron chi connectivity index (χ3n) is 3.77. The molecule has 2 aromatic rings. The van der Waals surface area contributed by atoms with Crippen molar-refractivity contribution >= 4 is 28.9 Å². The molecule has 0 aromatic heterocycles. The molecule has 1 amide bonds. The molecule has 0 radical (unpaired) electrons. The lowest BCUT2D eigenvalue weighted by atomic mass is 10.2. The van der Waals surface area contributed by atoms with Gasteiger partial charge in [0.05, 0.1) is 13.2 Å². The maximum Gasteiger partial charge on any atom is 0.257 e. The Bertz CT molecular complexity index is 793. The summed E-state index contributed by atoms with van der Waals surface area (Å²) in [4.78, 5) is 12.5. The van der Waals surface area contributed by atoms with E-state index in [1.165, 1.54) is 0 Å². The van der Waals surface area contributed by atoms with Gasteiger partial charge in [-0.2, -0.15) is 0 Å². The second kappa shape index (κ2) is 11.3. The first-order valence-corrected chi connectivity index (χ1v) is 9.96. The van der Waals surface area contributed by atoms with Gasteiger partial charge < -0.3 is 14.8 Å². The summed E-state index contributed by atoms with van der Waals surface area (Å²) >= 11 is 5.26. The average Bonchev–Trinajstić information content (AvgIpc) is 2.67. The summed E-state index contributed by atoms with van der Waals surface area (Å²) in [5, 5.41) is 5.94. The number of amides is 1. The quantitative estimate of drug-likeness (QED) is 0.457. The average molecular weight is 401 g/mol. The number of thiocarbonyl (C=S) groups is 1. The predicted molar refractivity (Wildman–Crippen MR) is 117 cm³/mol. The molecule has 0 atom stereocenters. The van der Waals surface area contributed by atoms with Gasteiger partial charge in [0.15, 0.2) is 5.11 Å². The molecule has 0 aliphatic rings. The maximum absolute atomic E-state index is 12.5. The normalized spacial score (nSPS) is 10.4. The minimum Gasteiger partial charge on any atom is -0.494 e. The van der Waals surface area contributed by atoms with Crippen LogP contribution in [0.5, 0.6) is 11.5 Å². The molecular weight excluding hydrogens is 372 g/mol. The van der Waals surface area contributed by atoms with Crippen LogP contribution >= 0.6 is 12.2 Å². The zero-order valence-corrected chi connectivity index (χ0v) is 17.5. The minimum absolute atomic E-state index is 0.226. The van der Waals surface area contributed by atoms with Crippen molar-refractivity contribution in [2.45, 2.75) is 33.6 Å². The lowest BCUT2D eigenvalue weighted by Crippen LogP contribution is -2.34. The van der Waals surface area contributed by atoms with Crippen LogP contribution in [0.4, 0.5) is 5.69 Å². The second-order valence-corrected chi connectivity index (χ2v) is 7.28. The fourth-order valence-corrected chi connectivity index (χ4v) is 2.54. The topological polar surface area (TPSA) is 59.6 Å². The molecule has 6 heteroatoms. The Morgan fingerprint density at radius 1 is 1.07 bits per heavy atom. The zero-order chi connectivity index (χ0) is 20.4. The molecule has 28 heavy (non-hydrogen) atoms. The minimum atomic E-state index is -0.289. The Morgan fingerprint density at radius 3 is 2.50 bits per heavy atom. The number of nitrogens with one attached hydrogen (secondary N) is 2. The third kappa shape index (κ3) is 7.56. The summed E-state index contributed by atoms with van der Waals surface area (Å²) in [6, 6.07) is 14.6. The first kappa shape index (κ1) is 21.7. The van der Waals surface area contributed by atoms with E-state index in [2.05, 4.69) is 31.4 Å². The van der Waals surface area contributed by atoms with Gasteiger partial charge >= 0.3 is 0 Å². The van der Waals surface area contributed by atoms with Crippen LogP contribution in [0.2, 0.25) is 0 Å². The van der Waals surface area contributed by atoms with Gasteiger partial charge in [-0.15, -0.1) is 0 Å². The summed E-state index contributed by atoms with van der Waals surface area (Å²) < 4.78 is 11.4. The van der Waals surface area contributed by atoms with Crippen molar-refractivity contribution in [3.8, 4) is 11.5 Å². The zero-order valence-electron chi connectivity index (χ0n) is 16.7. The van der Waals surface area contributed by atoms with E-state index in [9.17, 15) is 4.79 Å². The molecule has 2 N–H and O–H groups in total. The van der Waals surface area contributed by atoms with Gasteiger partial charge in [-0.25, -0.2) is 0 Å². The summed E-state index contributed by atoms with van der Waals surface area (Å²) in [5.74, 6) is 1.55. The molecule has 0 aliphatic heterocycles. The number of benzene rings is 2. The van der Waals surface area contributed by atoms with Crippen LogP contribution in [0, 0.1) is 5.92 Å². The van der Waals surface area contributed by atoms with Crippen LogP contribution in [-0.4, -0.2) is 24.2 Å². The number of rotatable bonds is 9. The molecule has 0 heterocycles. The first-order valence-electron chi connectivity index (χ1n) is 9.56. The number of ether oxygens (including phenoxy) is 2. The van der Waals surface area contributed by atoms with E-state index in [0.717, 1.165) is 24.3 Å². The van der Waals surface area contributed by atoms with Crippen molar-refractivity contribution in [2.75, 3.05) is 18.5 Å². The van der Waals surface area contributed by atoms with Gasteiger partial charge in [0.25, 0.3) is 5.91 Å². The number of unbranched alkanes of at least 4 members (excludes halogenated alkanes) is 1. The molecule has 0 saturated carbocycles. The van der Waals surface area contributed by atoms with Crippen LogP contribution < -0.4 is 20.1 Å². The van der Waals surface area contributed by atoms with Gasteiger partial charge in [0.1, 0.15) is 11.5 Å². The van der Waals surface area contributed by atoms with Crippen molar-refractivity contribution in [1.29, 1.82) is 0 Å². The number of carbonyl (C=O) groups is 1. The van der Waals surface area contributed by atoms with E-state index >= 15 is 0 Å². The summed E-state index contributed by atoms with van der Waals surface area (Å²) in [5.41, 5.74) is 1.25. The number of anilines is 1. The predicted octanol–water partition coefficient (Wildman–Crippen LogP) is 5.03. The Hall–Kier alpha value is -2.60. The van der Waals surface area contributed by atoms with Gasteiger partial charge in [-0.05, 0) is 54.9 Å². The van der Waals surface area contributed by atoms with Crippen molar-refractivity contribution in [2.24, 2.45) is 5.92 Å². The molecule has 0 aliphatic carbocycles. The van der Waals surface area contributed by atoms with Crippen molar-refractivity contribution < 1.29 is 14.3 Å². The van der Waals surface area contributed by atoms with Crippen LogP contribution in [0.1, 0.15) is 44.0 Å². The lowest BCUT2D eigenvalue weighted by Gasteiger charge is -2.12. The Morgan fingerprint density at radius 2 is 1.79 bits per heavy atom. The van der Waals surface area contributed by atoms with Crippen molar-refractivity contribution in [3.63, 3.8) is 0 Å². The molecular formula is C22H28N2O3S. The lowest BCUT2D eigenvalue weighted by molar-refractivity contribution is 0.0977. The fourth-order valence-electron chi connectivity index (χ4n) is 2.33. The standard InChI is InChI=1S/C22H28N2O3S/c1-4-5-12-26-20-11-7-9-18(14-20)23-22(28)24-21(25)17-8-6-10-19(13-17)27-15-16(2)3/h6-11,13-14,16H,4-5,12,15H2,1-3H3,(H2,23,24,25,28). The Kier molecular flexibility index (Phi) is 8.75. The van der Waals surface area contributed by atoms with E-state index in [0.29, 0.717) is 30.4 Å². The largest absolute Gasteiger partial charge is 0.494 e. The van der Waals surface area contributed by atoms with E-state index in [1.807, 2.05) is 30.3 Å². The second-order valence-electron chi connectivity index (χ2n) is 6.87. The number of carbonyl (C=O) groups excluding carboxylic acids is 1. The van der Waals surface area contributed by atoms with Gasteiger partial charge in [-0.3, -0.25) is 10.1 Å². The fraction of sp³-hybridized carbons (Fsp3) is 0.364. The van der Waals surface area contributed by atoms with Gasteiger partial charge in [0, 0.05) is 17.3 Å². The van der Waals surface area contributed by atoms with Crippen LogP contribution in [0.25, 0.3) is 0 Å². The highest BCUT2D eigenvalue weighted by Crippen LogP contribution is 2.18. The van der Waals surface area contributed by atoms with E-state index in [1.54, 1.807) is 18.2 Å². The third-order valence-corrected chi connectivity index (χ3v) is 3.97. The monoisotopic (exact) mass is 400 g/mol. The van der Waals surface area contributed by atoms with Crippen LogP contribution in [0.15, 0.2) is 48.5 Å². The maximum atomic E-state index is 12.5. The highest BCUT2D eigenvalue weighted by Gasteiger charge is 2.10. The van der Waals surface area contributed by atoms with Crippen LogP contribution in [-0.2, 0) is 0 Å². The SMILES string of the molecule is CCCCOc1cccc(NC(=S)NC(=O)c2cccc(OCC(C)C)c2)c1. The molecule has 0 saturated heterocycles. The van der Waals surface area contributed by atoms with E-state index in [4.69, 9.17) is 21.7 Å². The van der Waals surface area contributed by atoms with E-state index < -0.39 is 0 Å². The Labute approximate surface area is 172 Å². The molecule has 150 valence electrons. The number of hydrogen-bond donors (Lipinski definition) is 2. The van der Waals surface area contributed by atoms with Gasteiger partial charge in [-0.1, -0.05) is 39.3 Å². The van der Waals surface area contributed by atoms with Crippen molar-refractivity contribution in [3.05, 3.63) is 54.1 Å².